The van der Waals surface area contributed by atoms with E-state index in [1.807, 2.05) is 48.5 Å². The van der Waals surface area contributed by atoms with Gasteiger partial charge in [-0.05, 0) is 85.3 Å². The van der Waals surface area contributed by atoms with E-state index in [1.54, 1.807) is 12.1 Å². The molecule has 0 radical (unpaired) electrons. The van der Waals surface area contributed by atoms with Gasteiger partial charge >= 0.3 is 37.7 Å². The van der Waals surface area contributed by atoms with Crippen LogP contribution in [0.4, 0.5) is 0 Å². The van der Waals surface area contributed by atoms with Crippen molar-refractivity contribution in [3.63, 3.8) is 0 Å². The van der Waals surface area contributed by atoms with Gasteiger partial charge in [0.05, 0.1) is 9.79 Å². The molecule has 8 nitrogen and oxygen atoms in total. The predicted molar refractivity (Wildman–Crippen MR) is 239 cm³/mol. The Morgan fingerprint density at radius 2 is 0.712 bits per heavy atom. The van der Waals surface area contributed by atoms with Crippen LogP contribution in [0, 0.1) is 0 Å². The zero-order chi connectivity index (χ0) is 41.9. The monoisotopic (exact) mass is 874 g/mol. The number of unbranched alkanes of at least 4 members (excludes halogenated alkanes) is 18. The molecule has 0 heterocycles. The molecule has 4 rings (SSSR count). The van der Waals surface area contributed by atoms with Crippen molar-refractivity contribution < 1.29 is 35.4 Å². The molecule has 0 fully saturated rings. The number of hydrogen-bond donors (Lipinski definition) is 0. The second-order valence-corrected chi connectivity index (χ2v) is 17.9. The molecule has 0 N–H and O–H groups in total. The van der Waals surface area contributed by atoms with Crippen LogP contribution in [-0.2, 0) is 33.1 Å². The summed E-state index contributed by atoms with van der Waals surface area (Å²) in [5, 5.41) is 0. The van der Waals surface area contributed by atoms with Crippen molar-refractivity contribution in [2.75, 3.05) is 0 Å². The fraction of sp³-hybridized carbons (Fsp3) is 0.500. The van der Waals surface area contributed by atoms with E-state index in [0.29, 0.717) is 23.0 Å². The van der Waals surface area contributed by atoms with E-state index in [4.69, 9.17) is 9.47 Å². The minimum Gasteiger partial charge on any atom is -0.744 e. The van der Waals surface area contributed by atoms with Crippen LogP contribution in [0.3, 0.4) is 0 Å². The van der Waals surface area contributed by atoms with Gasteiger partial charge in [0.1, 0.15) is 43.2 Å². The zero-order valence-electron chi connectivity index (χ0n) is 35.6. The van der Waals surface area contributed by atoms with Crippen molar-refractivity contribution in [2.45, 2.75) is 165 Å². The van der Waals surface area contributed by atoms with Gasteiger partial charge in [-0.3, -0.25) is 0 Å². The standard InChI is InChI=1S/2C24H34O4S.Ca/c2*1-2-3-4-5-6-7-8-9-10-11-15-21-16-12-13-19-24(21)28-22-17-14-18-23(20-22)29(25,26)27;/h2*12-14,16-20H,2-11,15H2,1H3,(H,25,26,27);/q;;+2/p-2. The molecule has 0 unspecified atom stereocenters. The Balaban J connectivity index is 0.000000400. The summed E-state index contributed by atoms with van der Waals surface area (Å²) in [6.07, 6.45) is 27.8. The van der Waals surface area contributed by atoms with E-state index in [2.05, 4.69) is 13.8 Å². The minimum absolute atomic E-state index is 0. The molecule has 0 amide bonds. The van der Waals surface area contributed by atoms with Crippen molar-refractivity contribution in [1.82, 2.24) is 0 Å². The van der Waals surface area contributed by atoms with E-state index in [-0.39, 0.29) is 47.5 Å². The SMILES string of the molecule is CCCCCCCCCCCCc1ccccc1Oc1cccc(S(=O)(=O)[O-])c1.CCCCCCCCCCCCc1ccccc1Oc1cccc(S(=O)(=O)[O-])c1.[Ca+2]. The third-order valence-electron chi connectivity index (χ3n) is 10.2. The molecular formula is C48H66CaO8S2. The summed E-state index contributed by atoms with van der Waals surface area (Å²) in [6.45, 7) is 4.49. The molecule has 0 aliphatic rings. The van der Waals surface area contributed by atoms with Gasteiger partial charge in [-0.1, -0.05) is 178 Å². The molecule has 59 heavy (non-hydrogen) atoms. The number of rotatable bonds is 28. The molecule has 0 bridgehead atoms. The van der Waals surface area contributed by atoms with Crippen LogP contribution in [0.25, 0.3) is 0 Å². The van der Waals surface area contributed by atoms with Gasteiger partial charge in [-0.15, -0.1) is 0 Å². The van der Waals surface area contributed by atoms with Crippen LogP contribution in [0.5, 0.6) is 23.0 Å². The van der Waals surface area contributed by atoms with Gasteiger partial charge in [-0.2, -0.15) is 0 Å². The smallest absolute Gasteiger partial charge is 0.744 e. The normalized spacial score (nSPS) is 11.3. The Hall–Kier alpha value is -2.44. The van der Waals surface area contributed by atoms with Gasteiger partial charge < -0.3 is 18.6 Å². The van der Waals surface area contributed by atoms with Crippen LogP contribution in [0.2, 0.25) is 0 Å². The van der Waals surface area contributed by atoms with Gasteiger partial charge in [0.2, 0.25) is 0 Å². The Kier molecular flexibility index (Phi) is 27.3. The molecule has 0 saturated heterocycles. The summed E-state index contributed by atoms with van der Waals surface area (Å²) >= 11 is 0. The van der Waals surface area contributed by atoms with Crippen molar-refractivity contribution in [2.24, 2.45) is 0 Å². The summed E-state index contributed by atoms with van der Waals surface area (Å²) in [4.78, 5) is -0.552. The Labute approximate surface area is 386 Å². The molecule has 0 atom stereocenters. The molecule has 0 aliphatic carbocycles. The first-order valence-electron chi connectivity index (χ1n) is 21.6. The third kappa shape index (κ3) is 22.8. The van der Waals surface area contributed by atoms with Crippen molar-refractivity contribution in [3.05, 3.63) is 108 Å². The van der Waals surface area contributed by atoms with Gasteiger partial charge in [0.15, 0.2) is 0 Å². The van der Waals surface area contributed by atoms with Crippen molar-refractivity contribution in [3.8, 4) is 23.0 Å². The first-order valence-corrected chi connectivity index (χ1v) is 24.5. The number of benzene rings is 4. The van der Waals surface area contributed by atoms with E-state index >= 15 is 0 Å². The molecule has 0 saturated carbocycles. The first-order chi connectivity index (χ1) is 28.0. The molecule has 320 valence electrons. The van der Waals surface area contributed by atoms with E-state index in [9.17, 15) is 25.9 Å². The number of aryl methyl sites for hydroxylation is 2. The van der Waals surface area contributed by atoms with Crippen molar-refractivity contribution >= 4 is 58.0 Å². The molecule has 0 spiro atoms. The van der Waals surface area contributed by atoms with Crippen LogP contribution in [0.1, 0.15) is 153 Å². The molecular weight excluding hydrogens is 809 g/mol. The summed E-state index contributed by atoms with van der Waals surface area (Å²) in [5.41, 5.74) is 2.20. The third-order valence-corrected chi connectivity index (χ3v) is 11.9. The van der Waals surface area contributed by atoms with E-state index in [0.717, 1.165) is 36.8 Å². The Morgan fingerprint density at radius 1 is 0.407 bits per heavy atom. The van der Waals surface area contributed by atoms with Gasteiger partial charge in [0.25, 0.3) is 0 Å². The zero-order valence-corrected chi connectivity index (χ0v) is 39.4. The van der Waals surface area contributed by atoms with Crippen LogP contribution in [0.15, 0.2) is 107 Å². The quantitative estimate of drug-likeness (QED) is 0.0313. The maximum Gasteiger partial charge on any atom is 2.00 e. The fourth-order valence-electron chi connectivity index (χ4n) is 6.87. The fourth-order valence-corrected chi connectivity index (χ4v) is 7.88. The Bertz CT molecular complexity index is 1810. The Morgan fingerprint density at radius 3 is 1.03 bits per heavy atom. The molecule has 0 aromatic heterocycles. The summed E-state index contributed by atoms with van der Waals surface area (Å²) in [7, 11) is -8.98. The summed E-state index contributed by atoms with van der Waals surface area (Å²) in [6, 6.07) is 27.1. The average molecular weight is 875 g/mol. The summed E-state index contributed by atoms with van der Waals surface area (Å²) < 4.78 is 79.0. The number of hydrogen-bond acceptors (Lipinski definition) is 8. The second kappa shape index (κ2) is 30.6. The molecule has 4 aromatic carbocycles. The molecule has 0 aliphatic heterocycles. The van der Waals surface area contributed by atoms with Gasteiger partial charge in [-0.25, -0.2) is 16.8 Å². The number of ether oxygens (including phenoxy) is 2. The van der Waals surface area contributed by atoms with Gasteiger partial charge in [0, 0.05) is 0 Å². The average Bonchev–Trinajstić information content (AvgIpc) is 3.20. The van der Waals surface area contributed by atoms with Crippen LogP contribution < -0.4 is 9.47 Å². The maximum absolute atomic E-state index is 11.2. The van der Waals surface area contributed by atoms with E-state index < -0.39 is 20.2 Å². The van der Waals surface area contributed by atoms with E-state index in [1.165, 1.54) is 152 Å². The second-order valence-electron chi connectivity index (χ2n) is 15.1. The van der Waals surface area contributed by atoms with Crippen LogP contribution >= 0.6 is 0 Å². The van der Waals surface area contributed by atoms with Crippen LogP contribution in [-0.4, -0.2) is 63.7 Å². The minimum atomic E-state index is -4.49. The molecule has 4 aromatic rings. The largest absolute Gasteiger partial charge is 2.00 e. The van der Waals surface area contributed by atoms with Crippen molar-refractivity contribution in [1.29, 1.82) is 0 Å². The number of para-hydroxylation sites is 2. The summed E-state index contributed by atoms with van der Waals surface area (Å²) in [5.74, 6) is 2.14. The topological polar surface area (TPSA) is 133 Å². The first kappa shape index (κ1) is 52.7. The maximum atomic E-state index is 11.2. The predicted octanol–water partition coefficient (Wildman–Crippen LogP) is 13.3. The molecule has 11 heteroatoms.